The molecule has 1 aliphatic heterocycles. The third kappa shape index (κ3) is 3.06. The van der Waals surface area contributed by atoms with Gasteiger partial charge in [0.15, 0.2) is 0 Å². The van der Waals surface area contributed by atoms with Crippen molar-refractivity contribution >= 4 is 17.9 Å². The van der Waals surface area contributed by atoms with Crippen molar-refractivity contribution in [1.82, 2.24) is 4.98 Å². The lowest BCUT2D eigenvalue weighted by Gasteiger charge is -2.16. The lowest BCUT2D eigenvalue weighted by Crippen LogP contribution is -2.19. The molecule has 4 nitrogen and oxygen atoms in total. The number of pyridine rings is 1. The van der Waals surface area contributed by atoms with Crippen molar-refractivity contribution in [1.29, 1.82) is 0 Å². The van der Waals surface area contributed by atoms with Crippen LogP contribution in [0.1, 0.15) is 18.4 Å². The number of halogens is 1. The molecule has 2 rings (SSSR count). The van der Waals surface area contributed by atoms with Gasteiger partial charge < -0.3 is 9.64 Å². The van der Waals surface area contributed by atoms with Crippen molar-refractivity contribution in [2.75, 3.05) is 25.1 Å². The first-order valence-corrected chi connectivity index (χ1v) is 5.87. The summed E-state index contributed by atoms with van der Waals surface area (Å²) in [6.45, 7) is 1.80. The number of aromatic nitrogens is 1. The highest BCUT2D eigenvalue weighted by molar-refractivity contribution is 5.87. The Morgan fingerprint density at radius 1 is 1.44 bits per heavy atom. The van der Waals surface area contributed by atoms with Crippen molar-refractivity contribution in [3.63, 3.8) is 0 Å². The fourth-order valence-electron chi connectivity index (χ4n) is 1.94. The maximum atomic E-state index is 13.4. The van der Waals surface area contributed by atoms with E-state index in [2.05, 4.69) is 9.72 Å². The number of esters is 1. The van der Waals surface area contributed by atoms with Crippen LogP contribution in [0.2, 0.25) is 0 Å². The Morgan fingerprint density at radius 3 is 2.83 bits per heavy atom. The average Bonchev–Trinajstić information content (AvgIpc) is 2.89. The molecule has 1 aromatic heterocycles. The summed E-state index contributed by atoms with van der Waals surface area (Å²) in [5.74, 6) is -0.379. The van der Waals surface area contributed by atoms with E-state index in [1.807, 2.05) is 4.90 Å². The van der Waals surface area contributed by atoms with Gasteiger partial charge in [-0.25, -0.2) is 9.78 Å². The second-order valence-electron chi connectivity index (χ2n) is 4.13. The first-order chi connectivity index (χ1) is 8.69. The van der Waals surface area contributed by atoms with Gasteiger partial charge in [0.1, 0.15) is 5.82 Å². The molecule has 1 aromatic rings. The van der Waals surface area contributed by atoms with E-state index in [-0.39, 0.29) is 0 Å². The van der Waals surface area contributed by atoms with Crippen LogP contribution < -0.4 is 4.90 Å². The number of nitrogens with zero attached hydrogens (tertiary/aromatic N) is 2. The molecule has 0 aliphatic carbocycles. The number of carbonyl (C=O) groups is 1. The number of anilines is 1. The van der Waals surface area contributed by atoms with E-state index in [1.165, 1.54) is 25.3 Å². The smallest absolute Gasteiger partial charge is 0.330 e. The summed E-state index contributed by atoms with van der Waals surface area (Å²) in [7, 11) is 1.30. The molecule has 0 aromatic carbocycles. The molecule has 0 radical (unpaired) electrons. The van der Waals surface area contributed by atoms with Crippen LogP contribution in [-0.4, -0.2) is 31.2 Å². The Balaban J connectivity index is 2.20. The predicted octanol–water partition coefficient (Wildman–Crippen LogP) is 2.01. The number of carbonyl (C=O) groups excluding carboxylic acids is 1. The molecule has 0 amide bonds. The quantitative estimate of drug-likeness (QED) is 0.467. The largest absolute Gasteiger partial charge is 0.466 e. The van der Waals surface area contributed by atoms with Crippen LogP contribution in [0.3, 0.4) is 0 Å². The van der Waals surface area contributed by atoms with E-state index in [0.29, 0.717) is 11.4 Å². The zero-order chi connectivity index (χ0) is 13.0. The molecule has 0 unspecified atom stereocenters. The van der Waals surface area contributed by atoms with Crippen molar-refractivity contribution < 1.29 is 13.9 Å². The number of rotatable bonds is 3. The maximum Gasteiger partial charge on any atom is 0.330 e. The van der Waals surface area contributed by atoms with E-state index in [1.54, 1.807) is 6.07 Å². The summed E-state index contributed by atoms with van der Waals surface area (Å²) in [5, 5.41) is 0. The van der Waals surface area contributed by atoms with Crippen LogP contribution in [-0.2, 0) is 9.53 Å². The van der Waals surface area contributed by atoms with E-state index in [4.69, 9.17) is 0 Å². The molecular formula is C13H15FN2O2. The van der Waals surface area contributed by atoms with Gasteiger partial charge in [0.05, 0.1) is 7.11 Å². The second kappa shape index (κ2) is 5.62. The Bertz CT molecular complexity index is 468. The SMILES string of the molecule is COC(=O)C=Cc1cc(F)nc(N2CCCC2)c1. The van der Waals surface area contributed by atoms with Crippen molar-refractivity contribution in [2.24, 2.45) is 0 Å². The Labute approximate surface area is 105 Å². The minimum absolute atomic E-state index is 0.463. The van der Waals surface area contributed by atoms with Gasteiger partial charge in [0, 0.05) is 25.2 Å². The standard InChI is InChI=1S/C13H15FN2O2/c1-18-13(17)5-4-10-8-11(14)15-12(9-10)16-6-2-3-7-16/h4-5,8-9H,2-3,6-7H2,1H3. The van der Waals surface area contributed by atoms with Gasteiger partial charge in [-0.1, -0.05) is 0 Å². The molecular weight excluding hydrogens is 235 g/mol. The van der Waals surface area contributed by atoms with Gasteiger partial charge >= 0.3 is 5.97 Å². The fraction of sp³-hybridized carbons (Fsp3) is 0.385. The minimum Gasteiger partial charge on any atom is -0.466 e. The van der Waals surface area contributed by atoms with E-state index in [9.17, 15) is 9.18 Å². The first-order valence-electron chi connectivity index (χ1n) is 5.87. The molecule has 96 valence electrons. The Kier molecular flexibility index (Phi) is 3.92. The molecule has 1 fully saturated rings. The zero-order valence-electron chi connectivity index (χ0n) is 10.2. The number of ether oxygens (including phenoxy) is 1. The highest BCUT2D eigenvalue weighted by atomic mass is 19.1. The molecule has 18 heavy (non-hydrogen) atoms. The summed E-state index contributed by atoms with van der Waals surface area (Å²) in [5.41, 5.74) is 0.606. The van der Waals surface area contributed by atoms with Crippen LogP contribution in [0.4, 0.5) is 10.2 Å². The highest BCUT2D eigenvalue weighted by Gasteiger charge is 2.14. The van der Waals surface area contributed by atoms with E-state index < -0.39 is 11.9 Å². The van der Waals surface area contributed by atoms with Crippen molar-refractivity contribution in [3.8, 4) is 0 Å². The van der Waals surface area contributed by atoms with Gasteiger partial charge in [-0.3, -0.25) is 0 Å². The van der Waals surface area contributed by atoms with E-state index in [0.717, 1.165) is 25.9 Å². The van der Waals surface area contributed by atoms with E-state index >= 15 is 0 Å². The normalized spacial score (nSPS) is 15.3. The summed E-state index contributed by atoms with van der Waals surface area (Å²) in [4.78, 5) is 16.9. The molecule has 0 saturated carbocycles. The maximum absolute atomic E-state index is 13.4. The Morgan fingerprint density at radius 2 is 2.17 bits per heavy atom. The van der Waals surface area contributed by atoms with Crippen molar-refractivity contribution in [3.05, 3.63) is 29.7 Å². The van der Waals surface area contributed by atoms with Crippen LogP contribution in [0.25, 0.3) is 6.08 Å². The van der Waals surface area contributed by atoms with Gasteiger partial charge in [0.25, 0.3) is 0 Å². The summed E-state index contributed by atoms with van der Waals surface area (Å²) in [6, 6.07) is 3.06. The molecule has 0 spiro atoms. The first kappa shape index (κ1) is 12.5. The summed E-state index contributed by atoms with van der Waals surface area (Å²) >= 11 is 0. The summed E-state index contributed by atoms with van der Waals surface area (Å²) in [6.07, 6.45) is 5.00. The van der Waals surface area contributed by atoms with Crippen LogP contribution in [0.5, 0.6) is 0 Å². The molecule has 0 bridgehead atoms. The molecule has 0 atom stereocenters. The molecule has 1 aliphatic rings. The number of methoxy groups -OCH3 is 1. The van der Waals surface area contributed by atoms with Crippen molar-refractivity contribution in [2.45, 2.75) is 12.8 Å². The lowest BCUT2D eigenvalue weighted by atomic mass is 10.2. The topological polar surface area (TPSA) is 42.4 Å². The van der Waals surface area contributed by atoms with Gasteiger partial charge in [-0.2, -0.15) is 4.39 Å². The fourth-order valence-corrected chi connectivity index (χ4v) is 1.94. The van der Waals surface area contributed by atoms with Gasteiger partial charge in [-0.05, 0) is 30.5 Å². The van der Waals surface area contributed by atoms with Gasteiger partial charge in [0.2, 0.25) is 5.95 Å². The molecule has 1 saturated heterocycles. The third-order valence-corrected chi connectivity index (χ3v) is 2.85. The van der Waals surface area contributed by atoms with Crippen LogP contribution >= 0.6 is 0 Å². The zero-order valence-corrected chi connectivity index (χ0v) is 10.2. The minimum atomic E-state index is -0.538. The number of hydrogen-bond acceptors (Lipinski definition) is 4. The highest BCUT2D eigenvalue weighted by Crippen LogP contribution is 2.20. The predicted molar refractivity (Wildman–Crippen MR) is 66.7 cm³/mol. The average molecular weight is 250 g/mol. The molecule has 2 heterocycles. The summed E-state index contributed by atoms with van der Waals surface area (Å²) < 4.78 is 17.9. The lowest BCUT2D eigenvalue weighted by molar-refractivity contribution is -0.134. The van der Waals surface area contributed by atoms with Crippen LogP contribution in [0, 0.1) is 5.95 Å². The Hall–Kier alpha value is -1.91. The van der Waals surface area contributed by atoms with Crippen LogP contribution in [0.15, 0.2) is 18.2 Å². The third-order valence-electron chi connectivity index (χ3n) is 2.85. The molecule has 5 heteroatoms. The van der Waals surface area contributed by atoms with Gasteiger partial charge in [-0.15, -0.1) is 0 Å². The molecule has 0 N–H and O–H groups in total. The number of hydrogen-bond donors (Lipinski definition) is 0. The second-order valence-corrected chi connectivity index (χ2v) is 4.13. The monoisotopic (exact) mass is 250 g/mol.